The van der Waals surface area contributed by atoms with Crippen molar-refractivity contribution in [2.45, 2.75) is 17.8 Å². The highest BCUT2D eigenvalue weighted by Crippen LogP contribution is 2.36. The van der Waals surface area contributed by atoms with E-state index in [2.05, 4.69) is 15.5 Å². The van der Waals surface area contributed by atoms with Gasteiger partial charge in [0, 0.05) is 30.6 Å². The molecule has 1 amide bonds. The van der Waals surface area contributed by atoms with Gasteiger partial charge in [-0.1, -0.05) is 12.1 Å². The molecule has 1 aromatic heterocycles. The van der Waals surface area contributed by atoms with E-state index in [0.29, 0.717) is 18.7 Å². The van der Waals surface area contributed by atoms with Crippen LogP contribution in [0.3, 0.4) is 0 Å². The number of rotatable bonds is 4. The van der Waals surface area contributed by atoms with Crippen molar-refractivity contribution in [1.29, 1.82) is 0 Å². The molecule has 144 valence electrons. The second-order valence-corrected chi connectivity index (χ2v) is 9.74. The Labute approximate surface area is 157 Å². The molecule has 2 aliphatic heterocycles. The average Bonchev–Trinajstić information content (AvgIpc) is 3.33. The van der Waals surface area contributed by atoms with Gasteiger partial charge in [-0.3, -0.25) is 4.79 Å². The molecule has 3 atom stereocenters. The maximum absolute atomic E-state index is 12.9. The van der Waals surface area contributed by atoms with Crippen LogP contribution in [0.1, 0.15) is 15.9 Å². The second kappa shape index (κ2) is 6.68. The molecule has 0 spiro atoms. The molecule has 0 saturated carbocycles. The Hall–Kier alpha value is -2.33. The van der Waals surface area contributed by atoms with Crippen LogP contribution in [0.25, 0.3) is 0 Å². The molecule has 0 radical (unpaired) electrons. The highest BCUT2D eigenvalue weighted by atomic mass is 32.2. The Bertz CT molecular complexity index is 926. The Morgan fingerprint density at radius 2 is 1.96 bits per heavy atom. The van der Waals surface area contributed by atoms with Gasteiger partial charge in [0.15, 0.2) is 9.84 Å². The number of sulfone groups is 1. The molecular weight excluding hydrogens is 368 g/mol. The molecule has 2 aromatic rings. The summed E-state index contributed by atoms with van der Waals surface area (Å²) in [5.41, 5.74) is 1.54. The molecule has 2 saturated heterocycles. The molecule has 3 heterocycles. The minimum absolute atomic E-state index is 0.0203. The van der Waals surface area contributed by atoms with E-state index < -0.39 is 15.1 Å². The molecule has 0 N–H and O–H groups in total. The monoisotopic (exact) mass is 390 g/mol. The summed E-state index contributed by atoms with van der Waals surface area (Å²) < 4.78 is 26.6. The fourth-order valence-electron chi connectivity index (χ4n) is 4.11. The number of likely N-dealkylation sites (tertiary alicyclic amines) is 1. The van der Waals surface area contributed by atoms with Gasteiger partial charge in [-0.05, 0) is 42.2 Å². The van der Waals surface area contributed by atoms with Crippen molar-refractivity contribution < 1.29 is 13.2 Å². The third-order valence-corrected chi connectivity index (χ3v) is 7.78. The number of fused-ring (bicyclic) bond motifs is 1. The summed E-state index contributed by atoms with van der Waals surface area (Å²) in [5, 5.41) is 10.6. The first-order chi connectivity index (χ1) is 12.8. The van der Waals surface area contributed by atoms with Crippen LogP contribution < -0.4 is 0 Å². The fourth-order valence-corrected chi connectivity index (χ4v) is 6.58. The second-order valence-electron chi connectivity index (χ2n) is 7.48. The van der Waals surface area contributed by atoms with Crippen LogP contribution >= 0.6 is 0 Å². The van der Waals surface area contributed by atoms with Crippen molar-refractivity contribution in [3.05, 3.63) is 41.7 Å². The van der Waals surface area contributed by atoms with Gasteiger partial charge in [-0.2, -0.15) is 0 Å². The highest BCUT2D eigenvalue weighted by Gasteiger charge is 2.53. The Morgan fingerprint density at radius 3 is 2.59 bits per heavy atom. The fraction of sp³-hybridized carbons (Fsp3) is 0.529. The quantitative estimate of drug-likeness (QED) is 0.695. The van der Waals surface area contributed by atoms with Crippen molar-refractivity contribution in [3.63, 3.8) is 0 Å². The molecule has 27 heavy (non-hydrogen) atoms. The predicted octanol–water partition coefficient (Wildman–Crippen LogP) is -0.479. The van der Waals surface area contributed by atoms with E-state index in [9.17, 15) is 13.2 Å². The van der Waals surface area contributed by atoms with E-state index >= 15 is 0 Å². The molecular formula is C17H22N6O3S. The lowest BCUT2D eigenvalue weighted by Crippen LogP contribution is -2.38. The molecule has 1 aromatic carbocycles. The Morgan fingerprint density at radius 1 is 1.22 bits per heavy atom. The highest BCUT2D eigenvalue weighted by molar-refractivity contribution is 7.92. The van der Waals surface area contributed by atoms with Crippen LogP contribution in [0.4, 0.5) is 0 Å². The van der Waals surface area contributed by atoms with E-state index in [1.54, 1.807) is 21.7 Å². The van der Waals surface area contributed by atoms with Crippen LogP contribution in [0.2, 0.25) is 0 Å². The van der Waals surface area contributed by atoms with E-state index in [4.69, 9.17) is 0 Å². The van der Waals surface area contributed by atoms with E-state index in [1.807, 2.05) is 31.1 Å². The summed E-state index contributed by atoms with van der Waals surface area (Å²) in [6.07, 6.45) is 1.53. The van der Waals surface area contributed by atoms with Crippen molar-refractivity contribution in [2.75, 3.05) is 32.9 Å². The Balaban J connectivity index is 1.47. The topological polar surface area (TPSA) is 101 Å². The van der Waals surface area contributed by atoms with Gasteiger partial charge in [0.1, 0.15) is 6.33 Å². The number of aromatic nitrogens is 4. The molecule has 0 unspecified atom stereocenters. The van der Waals surface area contributed by atoms with E-state index in [-0.39, 0.29) is 30.2 Å². The van der Waals surface area contributed by atoms with Crippen molar-refractivity contribution in [3.8, 4) is 0 Å². The van der Waals surface area contributed by atoms with Crippen molar-refractivity contribution in [1.82, 2.24) is 30.0 Å². The number of nitrogens with zero attached hydrogens (tertiary/aromatic N) is 6. The molecule has 2 fully saturated rings. The lowest BCUT2D eigenvalue weighted by molar-refractivity contribution is 0.0779. The van der Waals surface area contributed by atoms with Crippen molar-refractivity contribution >= 4 is 15.7 Å². The summed E-state index contributed by atoms with van der Waals surface area (Å²) in [6.45, 7) is 1.29. The number of carbonyl (C=O) groups is 1. The minimum atomic E-state index is -3.16. The largest absolute Gasteiger partial charge is 0.337 e. The predicted molar refractivity (Wildman–Crippen MR) is 97.8 cm³/mol. The van der Waals surface area contributed by atoms with Crippen LogP contribution in [-0.4, -0.2) is 88.6 Å². The number of amides is 1. The average molecular weight is 390 g/mol. The normalized spacial score (nSPS) is 26.5. The smallest absolute Gasteiger partial charge is 0.253 e. The van der Waals surface area contributed by atoms with E-state index in [1.165, 1.54) is 6.33 Å². The maximum Gasteiger partial charge on any atom is 0.253 e. The van der Waals surface area contributed by atoms with Gasteiger partial charge in [0.2, 0.25) is 0 Å². The third-order valence-electron chi connectivity index (χ3n) is 5.56. The molecule has 0 aliphatic carbocycles. The molecule has 0 bridgehead atoms. The maximum atomic E-state index is 12.9. The zero-order valence-corrected chi connectivity index (χ0v) is 16.1. The van der Waals surface area contributed by atoms with Gasteiger partial charge >= 0.3 is 0 Å². The van der Waals surface area contributed by atoms with Gasteiger partial charge in [-0.15, -0.1) is 5.10 Å². The molecule has 4 rings (SSSR count). The lowest BCUT2D eigenvalue weighted by atomic mass is 10.00. The Kier molecular flexibility index (Phi) is 4.47. The standard InChI is InChI=1S/C17H22N6O3S/c1-21(2)15-10-27(25,26)16-9-22(8-14(15)16)17(24)13-5-3-12(4-6-13)7-23-11-18-19-20-23/h3-6,11,14-16H,7-10H2,1-2H3/t14-,15-,16-/m0/s1. The number of hydrogen-bond acceptors (Lipinski definition) is 7. The zero-order valence-electron chi connectivity index (χ0n) is 15.3. The first-order valence-corrected chi connectivity index (χ1v) is 10.5. The zero-order chi connectivity index (χ0) is 19.2. The van der Waals surface area contributed by atoms with Gasteiger partial charge in [-0.25, -0.2) is 13.1 Å². The molecule has 2 aliphatic rings. The summed E-state index contributed by atoms with van der Waals surface area (Å²) in [5.74, 6) is 0.0440. The SMILES string of the molecule is CN(C)[C@H]1CS(=O)(=O)[C@H]2CN(C(=O)c3ccc(Cn4cnnn4)cc3)C[C@@H]12. The molecule has 10 heteroatoms. The van der Waals surface area contributed by atoms with Crippen LogP contribution in [-0.2, 0) is 16.4 Å². The van der Waals surface area contributed by atoms with Crippen molar-refractivity contribution in [2.24, 2.45) is 5.92 Å². The summed E-state index contributed by atoms with van der Waals surface area (Å²) in [7, 11) is 0.639. The van der Waals surface area contributed by atoms with E-state index in [0.717, 1.165) is 5.56 Å². The summed E-state index contributed by atoms with van der Waals surface area (Å²) >= 11 is 0. The van der Waals surface area contributed by atoms with Crippen LogP contribution in [0, 0.1) is 5.92 Å². The third kappa shape index (κ3) is 3.34. The number of hydrogen-bond donors (Lipinski definition) is 0. The van der Waals surface area contributed by atoms with Gasteiger partial charge < -0.3 is 9.80 Å². The summed E-state index contributed by atoms with van der Waals surface area (Å²) in [6, 6.07) is 7.25. The number of carbonyl (C=O) groups excluding carboxylic acids is 1. The number of tetrazole rings is 1. The first kappa shape index (κ1) is 18.1. The van der Waals surface area contributed by atoms with Crippen LogP contribution in [0.5, 0.6) is 0 Å². The van der Waals surface area contributed by atoms with Gasteiger partial charge in [0.25, 0.3) is 5.91 Å². The first-order valence-electron chi connectivity index (χ1n) is 8.82. The van der Waals surface area contributed by atoms with Crippen LogP contribution in [0.15, 0.2) is 30.6 Å². The molecule has 9 nitrogen and oxygen atoms in total. The minimum Gasteiger partial charge on any atom is -0.337 e. The van der Waals surface area contributed by atoms with Gasteiger partial charge in [0.05, 0.1) is 17.5 Å². The summed E-state index contributed by atoms with van der Waals surface area (Å²) in [4.78, 5) is 16.5. The lowest BCUT2D eigenvalue weighted by Gasteiger charge is -2.25. The number of benzene rings is 1.